The molecule has 0 amide bonds. The van der Waals surface area contributed by atoms with Gasteiger partial charge in [-0.2, -0.15) is 26.3 Å². The molecular weight excluding hydrogens is 364 g/mol. The van der Waals surface area contributed by atoms with Crippen LogP contribution < -0.4 is 11.1 Å². The first-order chi connectivity index (χ1) is 11.4. The maximum Gasteiger partial charge on any atom is 0.406 e. The minimum atomic E-state index is -4.90. The molecule has 14 heteroatoms. The Morgan fingerprint density at radius 1 is 1.28 bits per heavy atom. The van der Waals surface area contributed by atoms with Gasteiger partial charge in [0.25, 0.3) is 0 Å². The summed E-state index contributed by atoms with van der Waals surface area (Å²) in [5.41, 5.74) is 5.76. The number of carbonyl (C=O) groups is 1. The predicted molar refractivity (Wildman–Crippen MR) is 71.9 cm³/mol. The van der Waals surface area contributed by atoms with Gasteiger partial charge < -0.3 is 15.1 Å². The van der Waals surface area contributed by atoms with E-state index in [0.29, 0.717) is 0 Å². The van der Waals surface area contributed by atoms with Crippen molar-refractivity contribution in [3.8, 4) is 0 Å². The number of aliphatic imine (C=N–C) groups is 1. The van der Waals surface area contributed by atoms with Gasteiger partial charge in [0.05, 0.1) is 13.2 Å². The molecule has 146 valence electrons. The highest BCUT2D eigenvalue weighted by molar-refractivity contribution is 5.86. The third-order valence-corrected chi connectivity index (χ3v) is 3.20. The zero-order valence-electron chi connectivity index (χ0n) is 12.7. The summed E-state index contributed by atoms with van der Waals surface area (Å²) in [6.07, 6.45) is -11.2. The SMILES string of the molecule is NC1(N(CCO)CC(F)(F)F)NC(C=O)N=C(CO)N1CC(F)(F)F. The molecule has 5 N–H and O–H groups in total. The lowest BCUT2D eigenvalue weighted by atomic mass is 10.2. The lowest BCUT2D eigenvalue weighted by molar-refractivity contribution is -0.201. The monoisotopic (exact) mass is 381 g/mol. The van der Waals surface area contributed by atoms with Crippen molar-refractivity contribution in [2.45, 2.75) is 24.4 Å². The summed E-state index contributed by atoms with van der Waals surface area (Å²) in [6, 6.07) is 0. The number of aliphatic hydroxyl groups is 2. The molecule has 0 radical (unpaired) electrons. The number of nitrogens with zero attached hydrogens (tertiary/aromatic N) is 3. The number of aldehydes is 1. The van der Waals surface area contributed by atoms with Gasteiger partial charge in [0, 0.05) is 6.54 Å². The smallest absolute Gasteiger partial charge is 0.395 e. The molecule has 0 bridgehead atoms. The molecule has 25 heavy (non-hydrogen) atoms. The molecule has 8 nitrogen and oxygen atoms in total. The van der Waals surface area contributed by atoms with Crippen LogP contribution in [0.2, 0.25) is 0 Å². The van der Waals surface area contributed by atoms with Gasteiger partial charge in [-0.25, -0.2) is 15.2 Å². The summed E-state index contributed by atoms with van der Waals surface area (Å²) in [5, 5.41) is 20.3. The first-order valence-corrected chi connectivity index (χ1v) is 6.82. The maximum atomic E-state index is 12.8. The van der Waals surface area contributed by atoms with Crippen molar-refractivity contribution in [2.24, 2.45) is 10.7 Å². The minimum absolute atomic E-state index is 0.104. The van der Waals surface area contributed by atoms with Gasteiger partial charge in [-0.05, 0) is 0 Å². The largest absolute Gasteiger partial charge is 0.406 e. The van der Waals surface area contributed by atoms with Gasteiger partial charge in [-0.1, -0.05) is 0 Å². The number of alkyl halides is 6. The van der Waals surface area contributed by atoms with E-state index in [4.69, 9.17) is 10.8 Å². The minimum Gasteiger partial charge on any atom is -0.395 e. The Kier molecular flexibility index (Phi) is 6.74. The van der Waals surface area contributed by atoms with Crippen LogP contribution in [-0.2, 0) is 4.79 Å². The van der Waals surface area contributed by atoms with E-state index in [1.165, 1.54) is 0 Å². The van der Waals surface area contributed by atoms with Gasteiger partial charge in [-0.3, -0.25) is 10.5 Å². The molecule has 0 spiro atoms. The molecule has 0 aromatic heterocycles. The van der Waals surface area contributed by atoms with E-state index in [-0.39, 0.29) is 16.1 Å². The fourth-order valence-corrected chi connectivity index (χ4v) is 2.31. The van der Waals surface area contributed by atoms with Crippen LogP contribution in [0.4, 0.5) is 26.3 Å². The quantitative estimate of drug-likeness (QED) is 0.249. The van der Waals surface area contributed by atoms with E-state index in [0.717, 1.165) is 0 Å². The molecule has 0 saturated heterocycles. The van der Waals surface area contributed by atoms with E-state index >= 15 is 0 Å². The van der Waals surface area contributed by atoms with Crippen LogP contribution in [0.5, 0.6) is 0 Å². The fourth-order valence-electron chi connectivity index (χ4n) is 2.31. The molecule has 0 aromatic carbocycles. The van der Waals surface area contributed by atoms with E-state index in [9.17, 15) is 36.2 Å². The van der Waals surface area contributed by atoms with Gasteiger partial charge in [0.15, 0.2) is 12.5 Å². The van der Waals surface area contributed by atoms with E-state index in [1.807, 2.05) is 0 Å². The molecule has 1 heterocycles. The average Bonchev–Trinajstić information content (AvgIpc) is 2.46. The summed E-state index contributed by atoms with van der Waals surface area (Å²) < 4.78 is 76.9. The number of carbonyl (C=O) groups excluding carboxylic acids is 1. The van der Waals surface area contributed by atoms with E-state index < -0.39 is 63.1 Å². The second kappa shape index (κ2) is 7.82. The molecule has 1 aliphatic rings. The summed E-state index contributed by atoms with van der Waals surface area (Å²) >= 11 is 0. The van der Waals surface area contributed by atoms with Crippen LogP contribution in [0.15, 0.2) is 4.99 Å². The molecule has 2 atom stereocenters. The van der Waals surface area contributed by atoms with Crippen molar-refractivity contribution in [1.29, 1.82) is 0 Å². The van der Waals surface area contributed by atoms with Gasteiger partial charge in [0.2, 0.25) is 5.91 Å². The number of amidine groups is 1. The molecule has 1 rings (SSSR count). The second-order valence-electron chi connectivity index (χ2n) is 5.12. The van der Waals surface area contributed by atoms with Gasteiger partial charge in [0.1, 0.15) is 19.0 Å². The number of hydrogen-bond donors (Lipinski definition) is 4. The lowest BCUT2D eigenvalue weighted by Gasteiger charge is -2.52. The highest BCUT2D eigenvalue weighted by Gasteiger charge is 2.51. The van der Waals surface area contributed by atoms with E-state index in [2.05, 4.69) is 10.3 Å². The number of aliphatic hydroxyl groups excluding tert-OH is 2. The summed E-state index contributed by atoms with van der Waals surface area (Å²) in [5.74, 6) is -3.40. The highest BCUT2D eigenvalue weighted by atomic mass is 19.4. The number of rotatable bonds is 7. The molecule has 0 aromatic rings. The highest BCUT2D eigenvalue weighted by Crippen LogP contribution is 2.27. The summed E-state index contributed by atoms with van der Waals surface area (Å²) in [7, 11) is 0. The predicted octanol–water partition coefficient (Wildman–Crippen LogP) is -1.20. The normalized spacial score (nSPS) is 25.3. The van der Waals surface area contributed by atoms with Crippen LogP contribution in [0.1, 0.15) is 0 Å². The Bertz CT molecular complexity index is 500. The fraction of sp³-hybridized carbons (Fsp3) is 0.818. The number of halogens is 6. The average molecular weight is 381 g/mol. The first kappa shape index (κ1) is 21.6. The van der Waals surface area contributed by atoms with Crippen molar-refractivity contribution >= 4 is 12.1 Å². The molecular formula is C11H17F6N5O3. The Morgan fingerprint density at radius 2 is 1.88 bits per heavy atom. The van der Waals surface area contributed by atoms with Crippen molar-refractivity contribution in [3.05, 3.63) is 0 Å². The van der Waals surface area contributed by atoms with Gasteiger partial charge in [-0.15, -0.1) is 0 Å². The van der Waals surface area contributed by atoms with Gasteiger partial charge >= 0.3 is 12.4 Å². The third-order valence-electron chi connectivity index (χ3n) is 3.20. The standard InChI is InChI=1S/C11H17F6N5O3/c12-9(13,14)5-21(1-2-23)11(18)20-7(3-24)19-8(4-25)22(11)6-10(15,16)17/h3,7,20,23,25H,1-2,4-6,18H2. The van der Waals surface area contributed by atoms with Crippen LogP contribution in [0.3, 0.4) is 0 Å². The van der Waals surface area contributed by atoms with Crippen molar-refractivity contribution in [1.82, 2.24) is 15.1 Å². The Balaban J connectivity index is 3.37. The molecule has 2 unspecified atom stereocenters. The Morgan fingerprint density at radius 3 is 2.28 bits per heavy atom. The van der Waals surface area contributed by atoms with Crippen LogP contribution in [0, 0.1) is 0 Å². The third kappa shape index (κ3) is 5.78. The Hall–Kier alpha value is -1.48. The number of nitrogens with one attached hydrogen (secondary N) is 1. The van der Waals surface area contributed by atoms with Crippen molar-refractivity contribution in [3.63, 3.8) is 0 Å². The summed E-state index contributed by atoms with van der Waals surface area (Å²) in [6.45, 7) is -6.34. The van der Waals surface area contributed by atoms with Crippen molar-refractivity contribution < 1.29 is 41.4 Å². The van der Waals surface area contributed by atoms with Crippen LogP contribution in [-0.4, -0.2) is 89.4 Å². The van der Waals surface area contributed by atoms with E-state index in [1.54, 1.807) is 0 Å². The molecule has 1 aliphatic heterocycles. The topological polar surface area (TPSA) is 114 Å². The molecule has 0 saturated carbocycles. The maximum absolute atomic E-state index is 12.8. The van der Waals surface area contributed by atoms with Crippen molar-refractivity contribution in [2.75, 3.05) is 32.8 Å². The molecule has 0 aliphatic carbocycles. The number of hydrogen-bond acceptors (Lipinski definition) is 8. The lowest BCUT2D eigenvalue weighted by Crippen LogP contribution is -2.81. The molecule has 0 fully saturated rings. The first-order valence-electron chi connectivity index (χ1n) is 6.82. The second-order valence-corrected chi connectivity index (χ2v) is 5.12. The zero-order chi connectivity index (χ0) is 19.5. The Labute approximate surface area is 137 Å². The van der Waals surface area contributed by atoms with Crippen LogP contribution in [0.25, 0.3) is 0 Å². The van der Waals surface area contributed by atoms with Crippen LogP contribution >= 0.6 is 0 Å². The summed E-state index contributed by atoms with van der Waals surface area (Å²) in [4.78, 5) is 14.9. The number of nitrogens with two attached hydrogens (primary N) is 1. The zero-order valence-corrected chi connectivity index (χ0v) is 12.7.